The summed E-state index contributed by atoms with van der Waals surface area (Å²) in [6.07, 6.45) is 0.584. The molecule has 1 amide bonds. The first-order valence-electron chi connectivity index (χ1n) is 11.0. The largest absolute Gasteiger partial charge is 0.451 e. The Bertz CT molecular complexity index is 1130. The Balaban J connectivity index is 1.42. The first kappa shape index (κ1) is 20.8. The average Bonchev–Trinajstić information content (AvgIpc) is 3.33. The summed E-state index contributed by atoms with van der Waals surface area (Å²) in [7, 11) is 0. The van der Waals surface area contributed by atoms with E-state index < -0.39 is 11.7 Å². The lowest BCUT2D eigenvalue weighted by molar-refractivity contribution is -0.137. The number of H-pyrrole nitrogens is 1. The Hall–Kier alpha value is -3.03. The van der Waals surface area contributed by atoms with Gasteiger partial charge in [-0.2, -0.15) is 18.3 Å². The van der Waals surface area contributed by atoms with Crippen molar-refractivity contribution in [2.45, 2.75) is 63.7 Å². The lowest BCUT2D eigenvalue weighted by atomic mass is 9.89. The number of carbonyl (C=O) groups excluding carboxylic acids is 1. The molecule has 0 radical (unpaired) electrons. The Morgan fingerprint density at radius 2 is 1.94 bits per heavy atom. The first-order valence-corrected chi connectivity index (χ1v) is 11.0. The number of aromatic nitrogens is 2. The van der Waals surface area contributed by atoms with Crippen LogP contribution in [0.15, 0.2) is 40.8 Å². The molecule has 2 aliphatic rings. The molecule has 168 valence electrons. The van der Waals surface area contributed by atoms with Crippen LogP contribution in [0.5, 0.6) is 0 Å². The van der Waals surface area contributed by atoms with Gasteiger partial charge in [0.25, 0.3) is 5.91 Å². The van der Waals surface area contributed by atoms with Crippen LogP contribution in [-0.4, -0.2) is 33.1 Å². The third-order valence-corrected chi connectivity index (χ3v) is 6.42. The molecule has 2 aliphatic carbocycles. The second kappa shape index (κ2) is 7.83. The van der Waals surface area contributed by atoms with Gasteiger partial charge in [0.2, 0.25) is 0 Å². The van der Waals surface area contributed by atoms with Crippen LogP contribution in [0, 0.1) is 0 Å². The van der Waals surface area contributed by atoms with Crippen molar-refractivity contribution < 1.29 is 22.4 Å². The SMILES string of the molecule is CCc1n[nH]c2c1CC(N(C(=O)c1ccc(-c3ccccc3C(F)(F)F)o1)C1CC1)CC2. The van der Waals surface area contributed by atoms with Crippen molar-refractivity contribution in [2.24, 2.45) is 0 Å². The Labute approximate surface area is 183 Å². The van der Waals surface area contributed by atoms with Gasteiger partial charge in [0.15, 0.2) is 5.76 Å². The van der Waals surface area contributed by atoms with Crippen LogP contribution < -0.4 is 0 Å². The molecule has 8 heteroatoms. The normalized spacial score (nSPS) is 18.4. The fraction of sp³-hybridized carbons (Fsp3) is 0.417. The van der Waals surface area contributed by atoms with E-state index in [4.69, 9.17) is 4.42 Å². The van der Waals surface area contributed by atoms with Gasteiger partial charge in [-0.1, -0.05) is 25.1 Å². The lowest BCUT2D eigenvalue weighted by Crippen LogP contribution is -2.44. The van der Waals surface area contributed by atoms with Crippen LogP contribution in [0.1, 0.15) is 59.3 Å². The molecule has 1 atom stereocenters. The van der Waals surface area contributed by atoms with Crippen molar-refractivity contribution in [1.82, 2.24) is 15.1 Å². The van der Waals surface area contributed by atoms with E-state index in [0.29, 0.717) is 0 Å². The highest BCUT2D eigenvalue weighted by atomic mass is 19.4. The van der Waals surface area contributed by atoms with E-state index in [1.807, 2.05) is 4.90 Å². The fourth-order valence-electron chi connectivity index (χ4n) is 4.72. The molecule has 32 heavy (non-hydrogen) atoms. The topological polar surface area (TPSA) is 62.1 Å². The van der Waals surface area contributed by atoms with Crippen LogP contribution in [0.25, 0.3) is 11.3 Å². The molecular weight excluding hydrogens is 419 g/mol. The Kier molecular flexibility index (Phi) is 5.10. The van der Waals surface area contributed by atoms with Crippen LogP contribution in [0.3, 0.4) is 0 Å². The number of furan rings is 1. The fourth-order valence-corrected chi connectivity index (χ4v) is 4.72. The van der Waals surface area contributed by atoms with Gasteiger partial charge in [-0.05, 0) is 62.3 Å². The molecule has 1 N–H and O–H groups in total. The number of amides is 1. The number of aromatic amines is 1. The van der Waals surface area contributed by atoms with Gasteiger partial charge >= 0.3 is 6.18 Å². The van der Waals surface area contributed by atoms with Crippen molar-refractivity contribution in [2.75, 3.05) is 0 Å². The third-order valence-electron chi connectivity index (χ3n) is 6.42. The average molecular weight is 443 g/mol. The molecule has 1 unspecified atom stereocenters. The number of halogens is 3. The summed E-state index contributed by atoms with van der Waals surface area (Å²) in [5, 5.41) is 7.52. The van der Waals surface area contributed by atoms with Crippen LogP contribution in [0.4, 0.5) is 13.2 Å². The number of hydrogen-bond acceptors (Lipinski definition) is 3. The van der Waals surface area contributed by atoms with Gasteiger partial charge in [-0.25, -0.2) is 0 Å². The molecular formula is C24H24F3N3O2. The zero-order valence-corrected chi connectivity index (χ0v) is 17.7. The van der Waals surface area contributed by atoms with Gasteiger partial charge in [-0.15, -0.1) is 0 Å². The monoisotopic (exact) mass is 443 g/mol. The number of rotatable bonds is 5. The van der Waals surface area contributed by atoms with E-state index in [2.05, 4.69) is 17.1 Å². The summed E-state index contributed by atoms with van der Waals surface area (Å²) in [4.78, 5) is 15.3. The Morgan fingerprint density at radius 1 is 1.16 bits per heavy atom. The molecule has 0 bridgehead atoms. The maximum absolute atomic E-state index is 13.4. The van der Waals surface area contributed by atoms with Crippen molar-refractivity contribution in [3.05, 3.63) is 64.7 Å². The standard InChI is InChI=1S/C24H24F3N3O2/c1-2-19-17-13-15(9-10-20(17)29-28-19)30(14-7-8-14)23(31)22-12-11-21(32-22)16-5-3-4-6-18(16)24(25,26)27/h3-6,11-12,14-15H,2,7-10,13H2,1H3,(H,28,29). The van der Waals surface area contributed by atoms with Gasteiger partial charge in [0, 0.05) is 23.3 Å². The maximum Gasteiger partial charge on any atom is 0.417 e. The number of aryl methyl sites for hydroxylation is 2. The maximum atomic E-state index is 13.4. The minimum absolute atomic E-state index is 0.0291. The lowest BCUT2D eigenvalue weighted by Gasteiger charge is -2.34. The van der Waals surface area contributed by atoms with Gasteiger partial charge in [0.05, 0.1) is 11.3 Å². The highest BCUT2D eigenvalue weighted by molar-refractivity contribution is 5.93. The van der Waals surface area contributed by atoms with E-state index >= 15 is 0 Å². The third kappa shape index (κ3) is 3.72. The summed E-state index contributed by atoms with van der Waals surface area (Å²) in [6.45, 7) is 2.06. The molecule has 2 aromatic heterocycles. The highest BCUT2D eigenvalue weighted by Gasteiger charge is 2.41. The number of alkyl halides is 3. The van der Waals surface area contributed by atoms with Gasteiger partial charge in [-0.3, -0.25) is 9.89 Å². The Morgan fingerprint density at radius 3 is 2.66 bits per heavy atom. The molecule has 3 aromatic rings. The van der Waals surface area contributed by atoms with Crippen molar-refractivity contribution in [3.8, 4) is 11.3 Å². The smallest absolute Gasteiger partial charge is 0.417 e. The second-order valence-electron chi connectivity index (χ2n) is 8.53. The zero-order chi connectivity index (χ0) is 22.5. The molecule has 5 rings (SSSR count). The number of carbonyl (C=O) groups is 1. The molecule has 1 saturated carbocycles. The van der Waals surface area contributed by atoms with Crippen molar-refractivity contribution in [3.63, 3.8) is 0 Å². The first-order chi connectivity index (χ1) is 15.4. The van der Waals surface area contributed by atoms with Crippen LogP contribution in [0.2, 0.25) is 0 Å². The van der Waals surface area contributed by atoms with Crippen molar-refractivity contribution in [1.29, 1.82) is 0 Å². The highest BCUT2D eigenvalue weighted by Crippen LogP contribution is 2.39. The van der Waals surface area contributed by atoms with Crippen LogP contribution in [-0.2, 0) is 25.4 Å². The number of nitrogens with zero attached hydrogens (tertiary/aromatic N) is 2. The van der Waals surface area contributed by atoms with Gasteiger partial charge < -0.3 is 9.32 Å². The molecule has 1 aromatic carbocycles. The number of hydrogen-bond donors (Lipinski definition) is 1. The van der Waals surface area contributed by atoms with E-state index in [9.17, 15) is 18.0 Å². The summed E-state index contributed by atoms with van der Waals surface area (Å²) in [5.74, 6) is -0.123. The molecule has 0 aliphatic heterocycles. The van der Waals surface area contributed by atoms with E-state index in [0.717, 1.165) is 56.0 Å². The zero-order valence-electron chi connectivity index (χ0n) is 17.7. The summed E-state index contributed by atoms with van der Waals surface area (Å²) >= 11 is 0. The molecule has 0 saturated heterocycles. The quantitative estimate of drug-likeness (QED) is 0.573. The molecule has 2 heterocycles. The summed E-state index contributed by atoms with van der Waals surface area (Å²) < 4.78 is 46.0. The molecule has 0 spiro atoms. The molecule has 5 nitrogen and oxygen atoms in total. The minimum atomic E-state index is -4.50. The number of benzene rings is 1. The summed E-state index contributed by atoms with van der Waals surface area (Å²) in [6, 6.07) is 8.38. The van der Waals surface area contributed by atoms with E-state index in [1.165, 1.54) is 35.9 Å². The van der Waals surface area contributed by atoms with E-state index in [1.54, 1.807) is 0 Å². The number of fused-ring (bicyclic) bond motifs is 1. The molecule has 1 fully saturated rings. The predicted molar refractivity (Wildman–Crippen MR) is 112 cm³/mol. The van der Waals surface area contributed by atoms with Crippen LogP contribution >= 0.6 is 0 Å². The predicted octanol–water partition coefficient (Wildman–Crippen LogP) is 5.41. The van der Waals surface area contributed by atoms with E-state index in [-0.39, 0.29) is 35.1 Å². The van der Waals surface area contributed by atoms with Crippen molar-refractivity contribution >= 4 is 5.91 Å². The number of nitrogens with one attached hydrogen (secondary N) is 1. The minimum Gasteiger partial charge on any atom is -0.451 e. The second-order valence-corrected chi connectivity index (χ2v) is 8.53. The summed E-state index contributed by atoms with van der Waals surface area (Å²) in [5.41, 5.74) is 2.54. The van der Waals surface area contributed by atoms with Gasteiger partial charge in [0.1, 0.15) is 5.76 Å².